The predicted molar refractivity (Wildman–Crippen MR) is 106 cm³/mol. The van der Waals surface area contributed by atoms with Gasteiger partial charge in [-0.25, -0.2) is 0 Å². The summed E-state index contributed by atoms with van der Waals surface area (Å²) in [6.45, 7) is 0. The molecule has 3 aliphatic carbocycles. The van der Waals surface area contributed by atoms with Crippen LogP contribution in [0.5, 0.6) is 0 Å². The molecule has 1 aromatic carbocycles. The van der Waals surface area contributed by atoms with Gasteiger partial charge < -0.3 is 4.42 Å². The SMILES string of the molecule is O=C1[C@@H]2[C@H](C(=O)N1/N=C\c1ccc(-c3ccc(Cl)cc3Cl)o1)[C@H]1C=C[C@H]2CC1. The van der Waals surface area contributed by atoms with E-state index in [9.17, 15) is 9.59 Å². The van der Waals surface area contributed by atoms with Crippen molar-refractivity contribution in [2.45, 2.75) is 12.8 Å². The van der Waals surface area contributed by atoms with Crippen molar-refractivity contribution in [1.82, 2.24) is 5.01 Å². The largest absolute Gasteiger partial charge is 0.455 e. The van der Waals surface area contributed by atoms with Gasteiger partial charge in [0.05, 0.1) is 23.1 Å². The Balaban J connectivity index is 1.38. The zero-order valence-corrected chi connectivity index (χ0v) is 16.2. The first-order valence-corrected chi connectivity index (χ1v) is 9.94. The maximum absolute atomic E-state index is 12.8. The molecule has 2 amide bonds. The number of furan rings is 1. The Kier molecular flexibility index (Phi) is 4.18. The van der Waals surface area contributed by atoms with Gasteiger partial charge in [-0.05, 0) is 55.0 Å². The zero-order chi connectivity index (χ0) is 19.4. The van der Waals surface area contributed by atoms with Crippen LogP contribution >= 0.6 is 23.2 Å². The van der Waals surface area contributed by atoms with E-state index in [0.29, 0.717) is 27.1 Å². The maximum Gasteiger partial charge on any atom is 0.254 e. The van der Waals surface area contributed by atoms with Gasteiger partial charge >= 0.3 is 0 Å². The number of allylic oxidation sites excluding steroid dienone is 2. The lowest BCUT2D eigenvalue weighted by Crippen LogP contribution is -2.38. The van der Waals surface area contributed by atoms with Crippen molar-refractivity contribution in [3.63, 3.8) is 0 Å². The van der Waals surface area contributed by atoms with Gasteiger partial charge in [0.2, 0.25) is 0 Å². The predicted octanol–water partition coefficient (Wildman–Crippen LogP) is 4.78. The number of rotatable bonds is 3. The summed E-state index contributed by atoms with van der Waals surface area (Å²) < 4.78 is 5.76. The Morgan fingerprint density at radius 2 is 1.68 bits per heavy atom. The van der Waals surface area contributed by atoms with Crippen molar-refractivity contribution in [2.75, 3.05) is 0 Å². The fraction of sp³-hybridized carbons (Fsp3) is 0.286. The fourth-order valence-corrected chi connectivity index (χ4v) is 5.04. The van der Waals surface area contributed by atoms with Crippen LogP contribution in [0.3, 0.4) is 0 Å². The molecule has 2 fully saturated rings. The summed E-state index contributed by atoms with van der Waals surface area (Å²) in [5, 5.41) is 6.19. The van der Waals surface area contributed by atoms with Crippen molar-refractivity contribution in [3.8, 4) is 11.3 Å². The lowest BCUT2D eigenvalue weighted by molar-refractivity contribution is -0.140. The van der Waals surface area contributed by atoms with Crippen LogP contribution in [-0.4, -0.2) is 23.0 Å². The monoisotopic (exact) mass is 414 g/mol. The van der Waals surface area contributed by atoms with Crippen LogP contribution in [-0.2, 0) is 9.59 Å². The van der Waals surface area contributed by atoms with Crippen molar-refractivity contribution in [1.29, 1.82) is 0 Å². The van der Waals surface area contributed by atoms with Crippen molar-refractivity contribution < 1.29 is 14.0 Å². The van der Waals surface area contributed by atoms with E-state index in [1.165, 1.54) is 6.21 Å². The summed E-state index contributed by atoms with van der Waals surface area (Å²) in [5.41, 5.74) is 0.702. The number of halogens is 2. The highest BCUT2D eigenvalue weighted by molar-refractivity contribution is 6.36. The molecule has 28 heavy (non-hydrogen) atoms. The van der Waals surface area contributed by atoms with E-state index >= 15 is 0 Å². The Labute approximate surface area is 171 Å². The van der Waals surface area contributed by atoms with Gasteiger partial charge in [-0.2, -0.15) is 10.1 Å². The van der Waals surface area contributed by atoms with E-state index in [2.05, 4.69) is 17.3 Å². The molecule has 1 aliphatic heterocycles. The van der Waals surface area contributed by atoms with Crippen LogP contribution in [0.1, 0.15) is 18.6 Å². The number of carbonyl (C=O) groups excluding carboxylic acids is 2. The molecular weight excluding hydrogens is 399 g/mol. The van der Waals surface area contributed by atoms with E-state index in [1.807, 2.05) is 0 Å². The molecule has 1 aromatic heterocycles. The molecular formula is C21H16Cl2N2O3. The van der Waals surface area contributed by atoms with Gasteiger partial charge in [-0.3, -0.25) is 9.59 Å². The van der Waals surface area contributed by atoms with Crippen molar-refractivity contribution in [3.05, 3.63) is 58.3 Å². The van der Waals surface area contributed by atoms with Crippen molar-refractivity contribution >= 4 is 41.2 Å². The molecule has 2 aromatic rings. The molecule has 0 unspecified atom stereocenters. The molecule has 142 valence electrons. The first kappa shape index (κ1) is 17.7. The van der Waals surface area contributed by atoms with E-state index < -0.39 is 0 Å². The molecule has 2 bridgehead atoms. The second kappa shape index (κ2) is 6.61. The standard InChI is InChI=1S/C21H16Cl2N2O3/c22-13-5-7-15(16(23)9-13)17-8-6-14(28-17)10-24-25-20(26)18-11-1-2-12(4-3-11)19(18)21(25)27/h1-2,5-12,18-19H,3-4H2/b24-10-/t11-,12-,18-,19+/m0/s1. The number of benzene rings is 1. The van der Waals surface area contributed by atoms with Crippen LogP contribution in [0.4, 0.5) is 0 Å². The number of imide groups is 1. The molecule has 6 rings (SSSR count). The number of fused-ring (bicyclic) bond motifs is 1. The summed E-state index contributed by atoms with van der Waals surface area (Å²) >= 11 is 12.1. The van der Waals surface area contributed by atoms with Crippen LogP contribution in [0.2, 0.25) is 10.0 Å². The van der Waals surface area contributed by atoms with Gasteiger partial charge in [0.25, 0.3) is 11.8 Å². The highest BCUT2D eigenvalue weighted by Gasteiger charge is 2.56. The number of nitrogens with zero attached hydrogens (tertiary/aromatic N) is 2. The van der Waals surface area contributed by atoms with Gasteiger partial charge in [0.15, 0.2) is 0 Å². The molecule has 0 radical (unpaired) electrons. The summed E-state index contributed by atoms with van der Waals surface area (Å²) in [6.07, 6.45) is 7.49. The second-order valence-electron chi connectivity index (χ2n) is 7.40. The average molecular weight is 415 g/mol. The average Bonchev–Trinajstić information content (AvgIpc) is 3.26. The molecule has 2 heterocycles. The number of carbonyl (C=O) groups is 2. The van der Waals surface area contributed by atoms with Crippen LogP contribution in [0.15, 0.2) is 52.0 Å². The van der Waals surface area contributed by atoms with Gasteiger partial charge in [-0.1, -0.05) is 35.4 Å². The topological polar surface area (TPSA) is 62.9 Å². The van der Waals surface area contributed by atoms with Crippen LogP contribution in [0, 0.1) is 23.7 Å². The first-order chi connectivity index (χ1) is 13.5. The normalized spacial score (nSPS) is 28.6. The smallest absolute Gasteiger partial charge is 0.254 e. The molecule has 1 saturated heterocycles. The number of amides is 2. The highest BCUT2D eigenvalue weighted by atomic mass is 35.5. The fourth-order valence-electron chi connectivity index (χ4n) is 4.54. The molecule has 7 heteroatoms. The third-order valence-electron chi connectivity index (χ3n) is 5.86. The number of hydrazone groups is 1. The van der Waals surface area contributed by atoms with Gasteiger partial charge in [-0.15, -0.1) is 0 Å². The Morgan fingerprint density at radius 3 is 2.29 bits per heavy atom. The molecule has 1 saturated carbocycles. The Morgan fingerprint density at radius 1 is 1.00 bits per heavy atom. The lowest BCUT2D eigenvalue weighted by atomic mass is 9.63. The Bertz CT molecular complexity index is 1010. The van der Waals surface area contributed by atoms with E-state index in [4.69, 9.17) is 27.6 Å². The number of hydrogen-bond acceptors (Lipinski definition) is 4. The van der Waals surface area contributed by atoms with Gasteiger partial charge in [0, 0.05) is 10.6 Å². The van der Waals surface area contributed by atoms with E-state index in [1.54, 1.807) is 30.3 Å². The maximum atomic E-state index is 12.8. The van der Waals surface area contributed by atoms with E-state index in [-0.39, 0.29) is 35.5 Å². The van der Waals surface area contributed by atoms with Gasteiger partial charge in [0.1, 0.15) is 11.5 Å². The van der Waals surface area contributed by atoms with Crippen molar-refractivity contribution in [2.24, 2.45) is 28.8 Å². The third-order valence-corrected chi connectivity index (χ3v) is 6.41. The highest BCUT2D eigenvalue weighted by Crippen LogP contribution is 2.49. The molecule has 4 atom stereocenters. The van der Waals surface area contributed by atoms with Crippen LogP contribution < -0.4 is 0 Å². The minimum Gasteiger partial charge on any atom is -0.455 e. The minimum atomic E-state index is -0.270. The molecule has 0 N–H and O–H groups in total. The lowest BCUT2D eigenvalue weighted by Gasteiger charge is -2.37. The van der Waals surface area contributed by atoms with E-state index in [0.717, 1.165) is 17.9 Å². The molecule has 5 nitrogen and oxygen atoms in total. The van der Waals surface area contributed by atoms with Crippen LogP contribution in [0.25, 0.3) is 11.3 Å². The summed E-state index contributed by atoms with van der Waals surface area (Å²) in [4.78, 5) is 25.5. The first-order valence-electron chi connectivity index (χ1n) is 9.18. The molecule has 0 spiro atoms. The number of hydrogen-bond donors (Lipinski definition) is 0. The third kappa shape index (κ3) is 2.73. The summed E-state index contributed by atoms with van der Waals surface area (Å²) in [5.74, 6) is 0.316. The quantitative estimate of drug-likeness (QED) is 0.412. The molecule has 4 aliphatic rings. The summed E-state index contributed by atoms with van der Waals surface area (Å²) in [7, 11) is 0. The second-order valence-corrected chi connectivity index (χ2v) is 8.24. The Hall–Kier alpha value is -2.37. The summed E-state index contributed by atoms with van der Waals surface area (Å²) in [6, 6.07) is 8.61. The zero-order valence-electron chi connectivity index (χ0n) is 14.7. The minimum absolute atomic E-state index is 0.147.